The summed E-state index contributed by atoms with van der Waals surface area (Å²) in [7, 11) is 0. The number of ether oxygens (including phenoxy) is 1. The minimum Gasteiger partial charge on any atom is -0.442 e. The Morgan fingerprint density at radius 3 is 2.39 bits per heavy atom. The number of benzene rings is 1. The van der Waals surface area contributed by atoms with E-state index in [9.17, 15) is 4.79 Å². The standard InChI is InChI=1S/C14H18BrNO2/c1-13(2,3)14(18-12(16)17)8-11(14)9-4-6-10(15)7-5-9/h4-7,11H,8H2,1-3H3,(H2,16,17)/t11-,14+/m0/s1. The third-order valence-corrected chi connectivity index (χ3v) is 4.26. The Balaban J connectivity index is 2.27. The van der Waals surface area contributed by atoms with Crippen LogP contribution < -0.4 is 5.73 Å². The summed E-state index contributed by atoms with van der Waals surface area (Å²) in [6.07, 6.45) is 0.144. The lowest BCUT2D eigenvalue weighted by atomic mass is 9.84. The maximum absolute atomic E-state index is 11.1. The van der Waals surface area contributed by atoms with Gasteiger partial charge in [0.1, 0.15) is 5.60 Å². The van der Waals surface area contributed by atoms with Gasteiger partial charge in [0.25, 0.3) is 0 Å². The monoisotopic (exact) mass is 311 g/mol. The highest BCUT2D eigenvalue weighted by atomic mass is 79.9. The Hall–Kier alpha value is -1.03. The molecule has 4 heteroatoms. The normalized spacial score (nSPS) is 26.8. The molecule has 1 aromatic carbocycles. The van der Waals surface area contributed by atoms with Gasteiger partial charge in [0.15, 0.2) is 0 Å². The highest BCUT2D eigenvalue weighted by molar-refractivity contribution is 9.10. The fourth-order valence-corrected chi connectivity index (χ4v) is 2.87. The van der Waals surface area contributed by atoms with E-state index in [0.29, 0.717) is 0 Å². The summed E-state index contributed by atoms with van der Waals surface area (Å²) in [5.41, 5.74) is 5.81. The molecule has 1 aliphatic rings. The first-order valence-electron chi connectivity index (χ1n) is 6.00. The van der Waals surface area contributed by atoms with Crippen molar-refractivity contribution in [2.75, 3.05) is 0 Å². The third-order valence-electron chi connectivity index (χ3n) is 3.73. The zero-order valence-electron chi connectivity index (χ0n) is 10.9. The summed E-state index contributed by atoms with van der Waals surface area (Å²) in [6, 6.07) is 8.13. The van der Waals surface area contributed by atoms with Crippen LogP contribution in [-0.4, -0.2) is 11.7 Å². The summed E-state index contributed by atoms with van der Waals surface area (Å²) < 4.78 is 6.48. The van der Waals surface area contributed by atoms with Crippen LogP contribution in [0.1, 0.15) is 38.7 Å². The number of amides is 1. The summed E-state index contributed by atoms with van der Waals surface area (Å²) in [5.74, 6) is 0.234. The Morgan fingerprint density at radius 2 is 1.94 bits per heavy atom. The van der Waals surface area contributed by atoms with Crippen LogP contribution >= 0.6 is 15.9 Å². The van der Waals surface area contributed by atoms with Gasteiger partial charge in [-0.2, -0.15) is 0 Å². The van der Waals surface area contributed by atoms with Crippen LogP contribution in [0.5, 0.6) is 0 Å². The van der Waals surface area contributed by atoms with E-state index in [0.717, 1.165) is 10.9 Å². The maximum atomic E-state index is 11.1. The first-order chi connectivity index (χ1) is 8.26. The molecule has 1 aliphatic carbocycles. The molecule has 3 nitrogen and oxygen atoms in total. The summed E-state index contributed by atoms with van der Waals surface area (Å²) in [6.45, 7) is 6.23. The molecule has 98 valence electrons. The molecule has 2 atom stereocenters. The molecule has 0 aromatic heterocycles. The lowest BCUT2D eigenvalue weighted by Gasteiger charge is -2.31. The van der Waals surface area contributed by atoms with Crippen LogP contribution in [0.4, 0.5) is 4.79 Å². The molecule has 2 rings (SSSR count). The van der Waals surface area contributed by atoms with Gasteiger partial charge in [-0.1, -0.05) is 48.8 Å². The van der Waals surface area contributed by atoms with Gasteiger partial charge in [-0.25, -0.2) is 4.79 Å². The molecule has 1 amide bonds. The maximum Gasteiger partial charge on any atom is 0.405 e. The average molecular weight is 312 g/mol. The number of hydrogen-bond donors (Lipinski definition) is 1. The third kappa shape index (κ3) is 2.26. The van der Waals surface area contributed by atoms with Crippen molar-refractivity contribution >= 4 is 22.0 Å². The lowest BCUT2D eigenvalue weighted by molar-refractivity contribution is 0.0111. The van der Waals surface area contributed by atoms with E-state index in [2.05, 4.69) is 48.8 Å². The molecule has 0 radical (unpaired) electrons. The van der Waals surface area contributed by atoms with Crippen molar-refractivity contribution in [3.8, 4) is 0 Å². The summed E-state index contributed by atoms with van der Waals surface area (Å²) in [5, 5.41) is 0. The van der Waals surface area contributed by atoms with Crippen molar-refractivity contribution in [3.63, 3.8) is 0 Å². The van der Waals surface area contributed by atoms with Crippen molar-refractivity contribution in [3.05, 3.63) is 34.3 Å². The van der Waals surface area contributed by atoms with E-state index in [1.807, 2.05) is 12.1 Å². The van der Waals surface area contributed by atoms with E-state index in [1.165, 1.54) is 5.56 Å². The molecule has 2 N–H and O–H groups in total. The van der Waals surface area contributed by atoms with E-state index in [4.69, 9.17) is 10.5 Å². The number of halogens is 1. The van der Waals surface area contributed by atoms with E-state index >= 15 is 0 Å². The summed E-state index contributed by atoms with van der Waals surface area (Å²) >= 11 is 3.42. The van der Waals surface area contributed by atoms with Gasteiger partial charge in [-0.15, -0.1) is 0 Å². The molecular weight excluding hydrogens is 294 g/mol. The van der Waals surface area contributed by atoms with Crippen LogP contribution in [0.15, 0.2) is 28.7 Å². The second kappa shape index (κ2) is 4.26. The minimum atomic E-state index is -0.690. The number of primary amides is 1. The molecule has 0 heterocycles. The fraction of sp³-hybridized carbons (Fsp3) is 0.500. The average Bonchev–Trinajstić information content (AvgIpc) is 2.93. The number of nitrogens with two attached hydrogens (primary N) is 1. The molecule has 18 heavy (non-hydrogen) atoms. The topological polar surface area (TPSA) is 52.3 Å². The van der Waals surface area contributed by atoms with Crippen molar-refractivity contribution in [2.24, 2.45) is 11.1 Å². The van der Waals surface area contributed by atoms with Gasteiger partial charge < -0.3 is 10.5 Å². The van der Waals surface area contributed by atoms with Crippen molar-refractivity contribution in [1.29, 1.82) is 0 Å². The Labute approximate surface area is 116 Å². The smallest absolute Gasteiger partial charge is 0.405 e. The predicted molar refractivity (Wildman–Crippen MR) is 74.4 cm³/mol. The van der Waals surface area contributed by atoms with Crippen LogP contribution in [0.3, 0.4) is 0 Å². The van der Waals surface area contributed by atoms with Crippen LogP contribution in [-0.2, 0) is 4.74 Å². The number of carbonyl (C=O) groups excluding carboxylic acids is 1. The molecule has 1 saturated carbocycles. The molecule has 0 aliphatic heterocycles. The van der Waals surface area contributed by atoms with Gasteiger partial charge in [0, 0.05) is 15.8 Å². The fourth-order valence-electron chi connectivity index (χ4n) is 2.60. The highest BCUT2D eigenvalue weighted by Gasteiger charge is 2.65. The van der Waals surface area contributed by atoms with Crippen molar-refractivity contribution < 1.29 is 9.53 Å². The number of carbonyl (C=O) groups is 1. The van der Waals surface area contributed by atoms with Gasteiger partial charge in [-0.05, 0) is 24.1 Å². The minimum absolute atomic E-state index is 0.125. The van der Waals surface area contributed by atoms with Gasteiger partial charge in [0.2, 0.25) is 0 Å². The zero-order valence-corrected chi connectivity index (χ0v) is 12.5. The van der Waals surface area contributed by atoms with Gasteiger partial charge in [-0.3, -0.25) is 0 Å². The van der Waals surface area contributed by atoms with E-state index in [-0.39, 0.29) is 11.3 Å². The molecule has 0 saturated heterocycles. The predicted octanol–water partition coefficient (Wildman–Crippen LogP) is 3.82. The molecular formula is C14H18BrNO2. The van der Waals surface area contributed by atoms with Gasteiger partial charge in [0.05, 0.1) is 0 Å². The van der Waals surface area contributed by atoms with Crippen molar-refractivity contribution in [2.45, 2.75) is 38.7 Å². The number of hydrogen-bond acceptors (Lipinski definition) is 2. The number of rotatable bonds is 2. The van der Waals surface area contributed by atoms with E-state index in [1.54, 1.807) is 0 Å². The van der Waals surface area contributed by atoms with Crippen LogP contribution in [0, 0.1) is 5.41 Å². The molecule has 1 fully saturated rings. The first-order valence-corrected chi connectivity index (χ1v) is 6.79. The van der Waals surface area contributed by atoms with Crippen molar-refractivity contribution in [1.82, 2.24) is 0 Å². The second-order valence-corrected chi connectivity index (χ2v) is 6.78. The van der Waals surface area contributed by atoms with E-state index < -0.39 is 11.7 Å². The SMILES string of the molecule is CC(C)(C)[C@@]1(OC(N)=O)C[C@H]1c1ccc(Br)cc1. The van der Waals surface area contributed by atoms with Gasteiger partial charge >= 0.3 is 6.09 Å². The molecule has 0 bridgehead atoms. The Kier molecular flexibility index (Phi) is 3.18. The Morgan fingerprint density at radius 1 is 1.39 bits per heavy atom. The quantitative estimate of drug-likeness (QED) is 0.902. The summed E-state index contributed by atoms with van der Waals surface area (Å²) in [4.78, 5) is 11.1. The largest absolute Gasteiger partial charge is 0.442 e. The second-order valence-electron chi connectivity index (χ2n) is 5.87. The molecule has 0 spiro atoms. The van der Waals surface area contributed by atoms with Crippen LogP contribution in [0.2, 0.25) is 0 Å². The Bertz CT molecular complexity index is 464. The molecule has 0 unspecified atom stereocenters. The van der Waals surface area contributed by atoms with Crippen LogP contribution in [0.25, 0.3) is 0 Å². The lowest BCUT2D eigenvalue weighted by Crippen LogP contribution is -2.37. The molecule has 1 aromatic rings. The zero-order chi connectivity index (χ0) is 13.6. The first kappa shape index (κ1) is 13.4. The highest BCUT2D eigenvalue weighted by Crippen LogP contribution is 2.63.